The molecule has 166 valence electrons. The quantitative estimate of drug-likeness (QED) is 0.477. The molecule has 2 fully saturated rings. The van der Waals surface area contributed by atoms with E-state index in [1.807, 2.05) is 0 Å². The predicted molar refractivity (Wildman–Crippen MR) is 129 cm³/mol. The maximum Gasteiger partial charge on any atom is 0.332 e. The Balaban J connectivity index is 1.75. The number of nitrogens with zero attached hydrogens (tertiary/aromatic N) is 3. The van der Waals surface area contributed by atoms with Crippen molar-refractivity contribution in [2.24, 2.45) is 5.92 Å². The van der Waals surface area contributed by atoms with Gasteiger partial charge >= 0.3 is 6.03 Å². The molecule has 0 aromatic heterocycles. The zero-order valence-corrected chi connectivity index (χ0v) is 19.2. The van der Waals surface area contributed by atoms with E-state index in [1.54, 1.807) is 77.7 Å². The molecule has 7 heteroatoms. The summed E-state index contributed by atoms with van der Waals surface area (Å²) in [4.78, 5) is 17.1. The lowest BCUT2D eigenvalue weighted by Crippen LogP contribution is -2.54. The fourth-order valence-corrected chi connectivity index (χ4v) is 5.12. The molecule has 2 amide bonds. The SMILES string of the molecule is N#Cc1cccc(C2(O)[C@H](C3CCC3)N(c3ccc(Cl)cc3)C(=O)N2c2ccc(Cl)cc2)c1. The molecule has 3 aromatic rings. The van der Waals surface area contributed by atoms with Gasteiger partial charge in [0.15, 0.2) is 5.72 Å². The highest BCUT2D eigenvalue weighted by Crippen LogP contribution is 2.51. The zero-order valence-electron chi connectivity index (χ0n) is 17.7. The number of hydrogen-bond acceptors (Lipinski definition) is 3. The van der Waals surface area contributed by atoms with Gasteiger partial charge in [-0.25, -0.2) is 4.79 Å². The van der Waals surface area contributed by atoms with Gasteiger partial charge in [0, 0.05) is 27.0 Å². The van der Waals surface area contributed by atoms with Crippen LogP contribution in [0.2, 0.25) is 10.0 Å². The van der Waals surface area contributed by atoms with Crippen molar-refractivity contribution in [2.75, 3.05) is 9.80 Å². The van der Waals surface area contributed by atoms with Crippen LogP contribution in [0.25, 0.3) is 0 Å². The van der Waals surface area contributed by atoms with E-state index in [1.165, 1.54) is 4.90 Å². The van der Waals surface area contributed by atoms with E-state index in [4.69, 9.17) is 23.2 Å². The number of hydrogen-bond donors (Lipinski definition) is 1. The third-order valence-corrected chi connectivity index (χ3v) is 7.14. The molecule has 1 unspecified atom stereocenters. The highest BCUT2D eigenvalue weighted by molar-refractivity contribution is 6.31. The minimum absolute atomic E-state index is 0.0951. The van der Waals surface area contributed by atoms with Crippen LogP contribution in [-0.2, 0) is 5.72 Å². The second kappa shape index (κ2) is 8.39. The van der Waals surface area contributed by atoms with Crippen molar-refractivity contribution in [3.63, 3.8) is 0 Å². The highest BCUT2D eigenvalue weighted by Gasteiger charge is 2.61. The summed E-state index contributed by atoms with van der Waals surface area (Å²) in [6.07, 6.45) is 2.84. The average Bonchev–Trinajstić information content (AvgIpc) is 3.02. The number of carbonyl (C=O) groups is 1. The molecular formula is C26H21Cl2N3O2. The topological polar surface area (TPSA) is 67.6 Å². The number of anilines is 2. The Morgan fingerprint density at radius 3 is 2.09 bits per heavy atom. The van der Waals surface area contributed by atoms with Crippen molar-refractivity contribution in [2.45, 2.75) is 31.0 Å². The Morgan fingerprint density at radius 1 is 0.939 bits per heavy atom. The first kappa shape index (κ1) is 21.8. The van der Waals surface area contributed by atoms with E-state index in [0.717, 1.165) is 19.3 Å². The summed E-state index contributed by atoms with van der Waals surface area (Å²) >= 11 is 12.2. The lowest BCUT2D eigenvalue weighted by Gasteiger charge is -2.44. The van der Waals surface area contributed by atoms with E-state index >= 15 is 0 Å². The molecule has 2 atom stereocenters. The first-order chi connectivity index (χ1) is 15.9. The Bertz CT molecular complexity index is 1240. The molecule has 1 aliphatic carbocycles. The van der Waals surface area contributed by atoms with Gasteiger partial charge in [-0.2, -0.15) is 5.26 Å². The minimum atomic E-state index is -1.69. The van der Waals surface area contributed by atoms with Crippen LogP contribution in [0.3, 0.4) is 0 Å². The molecule has 1 N–H and O–H groups in total. The van der Waals surface area contributed by atoms with Crippen LogP contribution in [0.5, 0.6) is 0 Å². The highest BCUT2D eigenvalue weighted by atomic mass is 35.5. The molecule has 5 rings (SSSR count). The summed E-state index contributed by atoms with van der Waals surface area (Å²) < 4.78 is 0. The Labute approximate surface area is 202 Å². The number of benzene rings is 3. The van der Waals surface area contributed by atoms with Crippen molar-refractivity contribution < 1.29 is 9.90 Å². The zero-order chi connectivity index (χ0) is 23.2. The number of amides is 2. The predicted octanol–water partition coefficient (Wildman–Crippen LogP) is 6.33. The van der Waals surface area contributed by atoms with Gasteiger partial charge in [0.25, 0.3) is 0 Å². The third kappa shape index (κ3) is 3.55. The molecule has 2 aliphatic rings. The summed E-state index contributed by atoms with van der Waals surface area (Å²) in [5.74, 6) is 0.0951. The molecule has 3 aromatic carbocycles. The van der Waals surface area contributed by atoms with Gasteiger partial charge in [-0.3, -0.25) is 9.80 Å². The van der Waals surface area contributed by atoms with Gasteiger partial charge in [0.1, 0.15) is 0 Å². The lowest BCUT2D eigenvalue weighted by molar-refractivity contribution is -0.00141. The van der Waals surface area contributed by atoms with E-state index in [9.17, 15) is 15.2 Å². The van der Waals surface area contributed by atoms with Crippen LogP contribution in [0.1, 0.15) is 30.4 Å². The smallest absolute Gasteiger partial charge is 0.332 e. The van der Waals surface area contributed by atoms with Crippen LogP contribution in [0.4, 0.5) is 16.2 Å². The Kier molecular flexibility index (Phi) is 5.54. The van der Waals surface area contributed by atoms with E-state index < -0.39 is 11.8 Å². The summed E-state index contributed by atoms with van der Waals surface area (Å²) in [7, 11) is 0. The monoisotopic (exact) mass is 477 g/mol. The number of urea groups is 1. The molecule has 0 radical (unpaired) electrons. The summed E-state index contributed by atoms with van der Waals surface area (Å²) in [6, 6.07) is 22.0. The molecule has 1 aliphatic heterocycles. The van der Waals surface area contributed by atoms with Gasteiger partial charge in [-0.15, -0.1) is 0 Å². The Morgan fingerprint density at radius 2 is 1.55 bits per heavy atom. The van der Waals surface area contributed by atoms with Crippen molar-refractivity contribution >= 4 is 40.6 Å². The van der Waals surface area contributed by atoms with Crippen LogP contribution < -0.4 is 9.80 Å². The Hall–Kier alpha value is -3.04. The average molecular weight is 478 g/mol. The number of carbonyl (C=O) groups excluding carboxylic acids is 1. The van der Waals surface area contributed by atoms with Crippen molar-refractivity contribution in [3.05, 3.63) is 94.0 Å². The fourth-order valence-electron chi connectivity index (χ4n) is 4.87. The lowest BCUT2D eigenvalue weighted by atomic mass is 9.73. The molecule has 0 spiro atoms. The summed E-state index contributed by atoms with van der Waals surface area (Å²) in [5, 5.41) is 23.1. The molecular weight excluding hydrogens is 457 g/mol. The second-order valence-electron chi connectivity index (χ2n) is 8.50. The van der Waals surface area contributed by atoms with Crippen molar-refractivity contribution in [1.82, 2.24) is 0 Å². The largest absolute Gasteiger partial charge is 0.365 e. The number of rotatable bonds is 4. The van der Waals surface area contributed by atoms with Crippen LogP contribution in [0.15, 0.2) is 72.8 Å². The first-order valence-electron chi connectivity index (χ1n) is 10.8. The van der Waals surface area contributed by atoms with Gasteiger partial charge in [0.05, 0.1) is 17.7 Å². The standard InChI is InChI=1S/C26H21Cl2N3O2/c27-20-7-11-22(12-8-20)30-24(18-4-2-5-18)26(33,19-6-1-3-17(15-19)16-29)31(25(30)32)23-13-9-21(28)10-14-23/h1,3,6-15,18,24,33H,2,4-5H2/t24-,26?/m0/s1. The number of aliphatic hydroxyl groups is 1. The van der Waals surface area contributed by atoms with Gasteiger partial charge in [0.2, 0.25) is 0 Å². The van der Waals surface area contributed by atoms with Crippen molar-refractivity contribution in [3.8, 4) is 6.07 Å². The van der Waals surface area contributed by atoms with Gasteiger partial charge in [-0.1, -0.05) is 41.8 Å². The maximum atomic E-state index is 14.0. The first-order valence-corrected chi connectivity index (χ1v) is 11.6. The van der Waals surface area contributed by atoms with E-state index in [2.05, 4.69) is 6.07 Å². The van der Waals surface area contributed by atoms with Crippen LogP contribution >= 0.6 is 23.2 Å². The minimum Gasteiger partial charge on any atom is -0.365 e. The molecule has 33 heavy (non-hydrogen) atoms. The molecule has 1 saturated carbocycles. The normalized spacial score (nSPS) is 22.8. The summed E-state index contributed by atoms with van der Waals surface area (Å²) in [6.45, 7) is 0. The van der Waals surface area contributed by atoms with Crippen LogP contribution in [-0.4, -0.2) is 17.2 Å². The number of halogens is 2. The summed E-state index contributed by atoms with van der Waals surface area (Å²) in [5.41, 5.74) is 0.408. The van der Waals surface area contributed by atoms with Crippen molar-refractivity contribution in [1.29, 1.82) is 5.26 Å². The van der Waals surface area contributed by atoms with Crippen LogP contribution in [0, 0.1) is 17.2 Å². The van der Waals surface area contributed by atoms with E-state index in [0.29, 0.717) is 32.5 Å². The van der Waals surface area contributed by atoms with Gasteiger partial charge < -0.3 is 5.11 Å². The number of nitriles is 1. The molecule has 0 bridgehead atoms. The molecule has 5 nitrogen and oxygen atoms in total. The second-order valence-corrected chi connectivity index (χ2v) is 9.37. The third-order valence-electron chi connectivity index (χ3n) is 6.63. The fraction of sp³-hybridized carbons (Fsp3) is 0.231. The molecule has 1 saturated heterocycles. The van der Waals surface area contributed by atoms with E-state index in [-0.39, 0.29) is 11.9 Å². The molecule has 1 heterocycles. The van der Waals surface area contributed by atoms with Gasteiger partial charge in [-0.05, 0) is 79.4 Å². The maximum absolute atomic E-state index is 14.0.